The zero-order chi connectivity index (χ0) is 16.1. The van der Waals surface area contributed by atoms with Crippen LogP contribution in [-0.2, 0) is 6.54 Å². The van der Waals surface area contributed by atoms with Gasteiger partial charge in [-0.05, 0) is 46.6 Å². The minimum atomic E-state index is -0.0389. The van der Waals surface area contributed by atoms with E-state index >= 15 is 0 Å². The summed E-state index contributed by atoms with van der Waals surface area (Å²) in [5.74, 6) is 1.29. The summed E-state index contributed by atoms with van der Waals surface area (Å²) in [6, 6.07) is 7.44. The lowest BCUT2D eigenvalue weighted by molar-refractivity contribution is 0.0747. The van der Waals surface area contributed by atoms with Gasteiger partial charge in [0.15, 0.2) is 11.5 Å². The average molecular weight is 367 g/mol. The molecule has 0 aliphatic heterocycles. The van der Waals surface area contributed by atoms with E-state index in [1.807, 2.05) is 25.1 Å². The number of nitrogens with zero attached hydrogens (tertiary/aromatic N) is 1. The highest BCUT2D eigenvalue weighted by Crippen LogP contribution is 2.28. The molecular weight excluding hydrogens is 348 g/mol. The lowest BCUT2D eigenvalue weighted by atomic mass is 10.2. The molecule has 0 bridgehead atoms. The summed E-state index contributed by atoms with van der Waals surface area (Å²) >= 11 is 3.34. The molecule has 1 amide bonds. The molecule has 1 heterocycles. The fourth-order valence-corrected chi connectivity index (χ4v) is 2.53. The molecule has 0 aliphatic rings. The molecule has 118 valence electrons. The van der Waals surface area contributed by atoms with Crippen molar-refractivity contribution in [2.75, 3.05) is 20.8 Å². The van der Waals surface area contributed by atoms with Gasteiger partial charge in [-0.1, -0.05) is 6.07 Å². The summed E-state index contributed by atoms with van der Waals surface area (Å²) in [5, 5.41) is 0. The number of amides is 1. The lowest BCUT2D eigenvalue weighted by Gasteiger charge is -2.21. The number of hydrogen-bond donors (Lipinski definition) is 1. The van der Waals surface area contributed by atoms with E-state index in [0.29, 0.717) is 30.3 Å². The maximum absolute atomic E-state index is 12.5. The zero-order valence-electron chi connectivity index (χ0n) is 12.9. The fourth-order valence-electron chi connectivity index (χ4n) is 2.19. The predicted molar refractivity (Wildman–Crippen MR) is 88.5 cm³/mol. The van der Waals surface area contributed by atoms with E-state index < -0.39 is 0 Å². The van der Waals surface area contributed by atoms with Gasteiger partial charge in [0.25, 0.3) is 5.91 Å². The Hall–Kier alpha value is -1.95. The lowest BCUT2D eigenvalue weighted by Crippen LogP contribution is -2.30. The second-order valence-electron chi connectivity index (χ2n) is 4.74. The smallest absolute Gasteiger partial charge is 0.270 e. The first kappa shape index (κ1) is 16.4. The number of methoxy groups -OCH3 is 2. The van der Waals surface area contributed by atoms with Crippen LogP contribution in [0.25, 0.3) is 0 Å². The van der Waals surface area contributed by atoms with Crippen LogP contribution < -0.4 is 9.47 Å². The maximum atomic E-state index is 12.5. The molecule has 0 fully saturated rings. The molecule has 22 heavy (non-hydrogen) atoms. The van der Waals surface area contributed by atoms with E-state index in [4.69, 9.17) is 9.47 Å². The van der Waals surface area contributed by atoms with E-state index in [2.05, 4.69) is 20.9 Å². The summed E-state index contributed by atoms with van der Waals surface area (Å²) < 4.78 is 11.4. The van der Waals surface area contributed by atoms with Crippen molar-refractivity contribution >= 4 is 21.8 Å². The average Bonchev–Trinajstić information content (AvgIpc) is 2.98. The number of carbonyl (C=O) groups is 1. The van der Waals surface area contributed by atoms with Crippen molar-refractivity contribution in [3.8, 4) is 11.5 Å². The first-order chi connectivity index (χ1) is 10.6. The van der Waals surface area contributed by atoms with E-state index in [0.717, 1.165) is 10.0 Å². The van der Waals surface area contributed by atoms with Gasteiger partial charge in [0, 0.05) is 23.8 Å². The molecule has 0 atom stereocenters. The Morgan fingerprint density at radius 3 is 2.50 bits per heavy atom. The third kappa shape index (κ3) is 3.62. The Balaban J connectivity index is 2.18. The highest BCUT2D eigenvalue weighted by atomic mass is 79.9. The molecule has 2 aromatic rings. The van der Waals surface area contributed by atoms with Gasteiger partial charge in [-0.25, -0.2) is 0 Å². The van der Waals surface area contributed by atoms with Gasteiger partial charge in [0.2, 0.25) is 0 Å². The first-order valence-corrected chi connectivity index (χ1v) is 7.72. The number of ether oxygens (including phenoxy) is 2. The van der Waals surface area contributed by atoms with Crippen LogP contribution in [-0.4, -0.2) is 36.6 Å². The Morgan fingerprint density at radius 2 is 1.95 bits per heavy atom. The van der Waals surface area contributed by atoms with Crippen LogP contribution in [0.2, 0.25) is 0 Å². The van der Waals surface area contributed by atoms with Crippen LogP contribution in [0.3, 0.4) is 0 Å². The van der Waals surface area contributed by atoms with Gasteiger partial charge >= 0.3 is 0 Å². The summed E-state index contributed by atoms with van der Waals surface area (Å²) in [4.78, 5) is 17.2. The molecule has 1 aromatic carbocycles. The van der Waals surface area contributed by atoms with Crippen molar-refractivity contribution in [1.29, 1.82) is 0 Å². The van der Waals surface area contributed by atoms with Gasteiger partial charge < -0.3 is 19.4 Å². The minimum absolute atomic E-state index is 0.0389. The molecule has 0 aliphatic carbocycles. The molecule has 1 N–H and O–H groups in total. The second kappa shape index (κ2) is 7.35. The molecule has 0 spiro atoms. The molecule has 5 nitrogen and oxygen atoms in total. The molecule has 0 radical (unpaired) electrons. The largest absolute Gasteiger partial charge is 0.493 e. The fraction of sp³-hybridized carbons (Fsp3) is 0.312. The number of carbonyl (C=O) groups excluding carboxylic acids is 1. The van der Waals surface area contributed by atoms with Crippen molar-refractivity contribution in [2.24, 2.45) is 0 Å². The Morgan fingerprint density at radius 1 is 1.23 bits per heavy atom. The van der Waals surface area contributed by atoms with Crippen LogP contribution >= 0.6 is 15.9 Å². The van der Waals surface area contributed by atoms with Gasteiger partial charge in [-0.2, -0.15) is 0 Å². The van der Waals surface area contributed by atoms with Crippen LogP contribution in [0.4, 0.5) is 0 Å². The topological polar surface area (TPSA) is 54.6 Å². The normalized spacial score (nSPS) is 10.4. The van der Waals surface area contributed by atoms with Crippen LogP contribution in [0.15, 0.2) is 34.9 Å². The maximum Gasteiger partial charge on any atom is 0.270 e. The molecule has 1 aromatic heterocycles. The van der Waals surface area contributed by atoms with E-state index in [-0.39, 0.29) is 5.91 Å². The van der Waals surface area contributed by atoms with Gasteiger partial charge in [-0.3, -0.25) is 4.79 Å². The van der Waals surface area contributed by atoms with E-state index in [9.17, 15) is 4.79 Å². The molecule has 0 saturated heterocycles. The van der Waals surface area contributed by atoms with Gasteiger partial charge in [0.05, 0.1) is 14.2 Å². The number of rotatable bonds is 6. The molecule has 6 heteroatoms. The summed E-state index contributed by atoms with van der Waals surface area (Å²) in [5.41, 5.74) is 1.55. The highest BCUT2D eigenvalue weighted by molar-refractivity contribution is 9.10. The molecule has 2 rings (SSSR count). The van der Waals surface area contributed by atoms with Crippen LogP contribution in [0, 0.1) is 0 Å². The summed E-state index contributed by atoms with van der Waals surface area (Å²) in [7, 11) is 3.20. The van der Waals surface area contributed by atoms with Crippen LogP contribution in [0.1, 0.15) is 23.0 Å². The standard InChI is InChI=1S/C16H19BrN2O3/c1-4-19(16(20)13-8-12(17)9-18-13)10-11-5-6-14(21-2)15(7-11)22-3/h5-9,18H,4,10H2,1-3H3. The Labute approximate surface area is 138 Å². The van der Waals surface area contributed by atoms with Crippen molar-refractivity contribution < 1.29 is 14.3 Å². The van der Waals surface area contributed by atoms with E-state index in [1.54, 1.807) is 31.4 Å². The zero-order valence-corrected chi connectivity index (χ0v) is 14.4. The summed E-state index contributed by atoms with van der Waals surface area (Å²) in [6.45, 7) is 3.08. The van der Waals surface area contributed by atoms with Crippen LogP contribution in [0.5, 0.6) is 11.5 Å². The number of hydrogen-bond acceptors (Lipinski definition) is 3. The first-order valence-electron chi connectivity index (χ1n) is 6.93. The van der Waals surface area contributed by atoms with Crippen molar-refractivity contribution in [3.63, 3.8) is 0 Å². The van der Waals surface area contributed by atoms with Gasteiger partial charge in [-0.15, -0.1) is 0 Å². The monoisotopic (exact) mass is 366 g/mol. The molecule has 0 unspecified atom stereocenters. The number of aromatic amines is 1. The van der Waals surface area contributed by atoms with Crippen molar-refractivity contribution in [2.45, 2.75) is 13.5 Å². The molecule has 0 saturated carbocycles. The third-order valence-electron chi connectivity index (χ3n) is 3.37. The second-order valence-corrected chi connectivity index (χ2v) is 5.66. The van der Waals surface area contributed by atoms with E-state index in [1.165, 1.54) is 0 Å². The van der Waals surface area contributed by atoms with Gasteiger partial charge in [0.1, 0.15) is 5.69 Å². The van der Waals surface area contributed by atoms with Crippen molar-refractivity contribution in [1.82, 2.24) is 9.88 Å². The number of H-pyrrole nitrogens is 1. The predicted octanol–water partition coefficient (Wildman–Crippen LogP) is 3.46. The number of benzene rings is 1. The summed E-state index contributed by atoms with van der Waals surface area (Å²) in [6.07, 6.45) is 1.75. The molecular formula is C16H19BrN2O3. The van der Waals surface area contributed by atoms with Crippen molar-refractivity contribution in [3.05, 3.63) is 46.2 Å². The Kier molecular flexibility index (Phi) is 5.49. The quantitative estimate of drug-likeness (QED) is 0.851. The minimum Gasteiger partial charge on any atom is -0.493 e. The third-order valence-corrected chi connectivity index (χ3v) is 3.83. The Bertz CT molecular complexity index is 655. The number of nitrogens with one attached hydrogen (secondary N) is 1. The SMILES string of the molecule is CCN(Cc1ccc(OC)c(OC)c1)C(=O)c1cc(Br)c[nH]1. The number of aromatic nitrogens is 1. The number of halogens is 1. The highest BCUT2D eigenvalue weighted by Gasteiger charge is 2.17.